The van der Waals surface area contributed by atoms with E-state index >= 15 is 0 Å². The molecule has 0 spiro atoms. The molecule has 0 saturated carbocycles. The Morgan fingerprint density at radius 3 is 3.00 bits per heavy atom. The van der Waals surface area contributed by atoms with Gasteiger partial charge in [0.05, 0.1) is 17.3 Å². The largest absolute Gasteiger partial charge is 0.381 e. The molecular weight excluding hydrogens is 220 g/mol. The van der Waals surface area contributed by atoms with Crippen LogP contribution in [0.3, 0.4) is 0 Å². The van der Waals surface area contributed by atoms with E-state index in [2.05, 4.69) is 29.5 Å². The molecule has 1 heterocycles. The Morgan fingerprint density at radius 2 is 2.31 bits per heavy atom. The van der Waals surface area contributed by atoms with Crippen molar-refractivity contribution in [3.63, 3.8) is 0 Å². The molecule has 0 bridgehead atoms. The fraction of sp³-hybridized carbons (Fsp3) is 0.750. The first-order chi connectivity index (χ1) is 7.76. The summed E-state index contributed by atoms with van der Waals surface area (Å²) in [5.41, 5.74) is 1.15. The summed E-state index contributed by atoms with van der Waals surface area (Å²) >= 11 is 1.73. The minimum absolute atomic E-state index is 0.563. The predicted molar refractivity (Wildman–Crippen MR) is 68.9 cm³/mol. The number of aromatic nitrogens is 1. The van der Waals surface area contributed by atoms with Crippen LogP contribution in [0.2, 0.25) is 0 Å². The van der Waals surface area contributed by atoms with Crippen LogP contribution < -0.4 is 5.32 Å². The topological polar surface area (TPSA) is 34.1 Å². The Balaban J connectivity index is 2.28. The molecule has 92 valence electrons. The predicted octanol–water partition coefficient (Wildman–Crippen LogP) is 2.61. The van der Waals surface area contributed by atoms with Gasteiger partial charge in [-0.2, -0.15) is 0 Å². The van der Waals surface area contributed by atoms with Crippen molar-refractivity contribution in [1.29, 1.82) is 0 Å². The van der Waals surface area contributed by atoms with E-state index in [4.69, 9.17) is 4.74 Å². The maximum absolute atomic E-state index is 5.31. The highest BCUT2D eigenvalue weighted by Gasteiger charge is 2.03. The van der Waals surface area contributed by atoms with Crippen LogP contribution >= 0.6 is 11.3 Å². The lowest BCUT2D eigenvalue weighted by Gasteiger charge is -2.08. The Bertz CT molecular complexity index is 288. The van der Waals surface area contributed by atoms with E-state index < -0.39 is 0 Å². The minimum atomic E-state index is 0.563. The highest BCUT2D eigenvalue weighted by Crippen LogP contribution is 2.10. The average molecular weight is 242 g/mol. The second-order valence-electron chi connectivity index (χ2n) is 3.87. The standard InChI is InChI=1S/C12H22N2OS/c1-4-10(3)13-8-11-9-16-12(14-11)6-7-15-5-2/h9-10,13H,4-8H2,1-3H3. The van der Waals surface area contributed by atoms with Gasteiger partial charge >= 0.3 is 0 Å². The van der Waals surface area contributed by atoms with Gasteiger partial charge in [-0.25, -0.2) is 4.98 Å². The second kappa shape index (κ2) is 7.76. The molecule has 4 heteroatoms. The first kappa shape index (κ1) is 13.6. The number of hydrogen-bond donors (Lipinski definition) is 1. The van der Waals surface area contributed by atoms with Crippen molar-refractivity contribution in [2.45, 2.75) is 46.2 Å². The number of nitrogens with one attached hydrogen (secondary N) is 1. The number of hydrogen-bond acceptors (Lipinski definition) is 4. The molecule has 16 heavy (non-hydrogen) atoms. The van der Waals surface area contributed by atoms with Crippen LogP contribution in [0.1, 0.15) is 37.9 Å². The number of thiazole rings is 1. The van der Waals surface area contributed by atoms with Gasteiger partial charge in [0.15, 0.2) is 0 Å². The van der Waals surface area contributed by atoms with Gasteiger partial charge in [-0.05, 0) is 20.3 Å². The van der Waals surface area contributed by atoms with E-state index in [-0.39, 0.29) is 0 Å². The summed E-state index contributed by atoms with van der Waals surface area (Å²) in [6, 6.07) is 0.563. The molecule has 0 aliphatic heterocycles. The van der Waals surface area contributed by atoms with Crippen LogP contribution in [0.25, 0.3) is 0 Å². The van der Waals surface area contributed by atoms with Crippen LogP contribution in [0.4, 0.5) is 0 Å². The molecule has 0 amide bonds. The third kappa shape index (κ3) is 5.05. The normalized spacial score (nSPS) is 12.9. The van der Waals surface area contributed by atoms with Crippen molar-refractivity contribution >= 4 is 11.3 Å². The monoisotopic (exact) mass is 242 g/mol. The molecule has 1 N–H and O–H groups in total. The Hall–Kier alpha value is -0.450. The van der Waals surface area contributed by atoms with Crippen molar-refractivity contribution in [2.24, 2.45) is 0 Å². The summed E-state index contributed by atoms with van der Waals surface area (Å²) < 4.78 is 5.31. The Morgan fingerprint density at radius 1 is 1.50 bits per heavy atom. The molecule has 1 atom stereocenters. The van der Waals surface area contributed by atoms with E-state index in [1.54, 1.807) is 11.3 Å². The van der Waals surface area contributed by atoms with Gasteiger partial charge in [0.25, 0.3) is 0 Å². The van der Waals surface area contributed by atoms with E-state index in [1.165, 1.54) is 5.01 Å². The summed E-state index contributed by atoms with van der Waals surface area (Å²) in [5.74, 6) is 0. The van der Waals surface area contributed by atoms with Crippen molar-refractivity contribution in [1.82, 2.24) is 10.3 Å². The lowest BCUT2D eigenvalue weighted by atomic mass is 10.2. The van der Waals surface area contributed by atoms with E-state index in [9.17, 15) is 0 Å². The summed E-state index contributed by atoms with van der Waals surface area (Å²) in [5, 5.41) is 6.75. The zero-order chi connectivity index (χ0) is 11.8. The smallest absolute Gasteiger partial charge is 0.0951 e. The number of nitrogens with zero attached hydrogens (tertiary/aromatic N) is 1. The van der Waals surface area contributed by atoms with Crippen molar-refractivity contribution in [3.8, 4) is 0 Å². The summed E-state index contributed by atoms with van der Waals surface area (Å²) in [6.45, 7) is 8.84. The zero-order valence-electron chi connectivity index (χ0n) is 10.5. The van der Waals surface area contributed by atoms with E-state index in [0.29, 0.717) is 6.04 Å². The minimum Gasteiger partial charge on any atom is -0.381 e. The molecule has 1 aromatic rings. The maximum atomic E-state index is 5.31. The van der Waals surface area contributed by atoms with E-state index in [0.717, 1.165) is 38.3 Å². The number of ether oxygens (including phenoxy) is 1. The summed E-state index contributed by atoms with van der Waals surface area (Å²) in [4.78, 5) is 4.56. The fourth-order valence-corrected chi connectivity index (χ4v) is 2.05. The van der Waals surface area contributed by atoms with Crippen molar-refractivity contribution < 1.29 is 4.74 Å². The molecule has 0 fully saturated rings. The lowest BCUT2D eigenvalue weighted by molar-refractivity contribution is 0.151. The maximum Gasteiger partial charge on any atom is 0.0951 e. The van der Waals surface area contributed by atoms with Crippen LogP contribution in [0.15, 0.2) is 5.38 Å². The molecule has 1 rings (SSSR count). The molecule has 0 aromatic carbocycles. The van der Waals surface area contributed by atoms with Crippen LogP contribution in [0, 0.1) is 0 Å². The average Bonchev–Trinajstić information content (AvgIpc) is 2.74. The van der Waals surface area contributed by atoms with Crippen molar-refractivity contribution in [3.05, 3.63) is 16.1 Å². The fourth-order valence-electron chi connectivity index (χ4n) is 1.27. The summed E-state index contributed by atoms with van der Waals surface area (Å²) in [6.07, 6.45) is 2.09. The van der Waals surface area contributed by atoms with Gasteiger partial charge in [-0.1, -0.05) is 6.92 Å². The first-order valence-electron chi connectivity index (χ1n) is 6.00. The highest BCUT2D eigenvalue weighted by molar-refractivity contribution is 7.09. The van der Waals surface area contributed by atoms with Gasteiger partial charge in [0, 0.05) is 31.0 Å². The second-order valence-corrected chi connectivity index (χ2v) is 4.81. The van der Waals surface area contributed by atoms with Crippen LogP contribution in [-0.2, 0) is 17.7 Å². The highest BCUT2D eigenvalue weighted by atomic mass is 32.1. The zero-order valence-corrected chi connectivity index (χ0v) is 11.3. The molecule has 1 aromatic heterocycles. The third-order valence-corrected chi connectivity index (χ3v) is 3.47. The van der Waals surface area contributed by atoms with Crippen LogP contribution in [0.5, 0.6) is 0 Å². The van der Waals surface area contributed by atoms with Gasteiger partial charge < -0.3 is 10.1 Å². The molecular formula is C12H22N2OS. The van der Waals surface area contributed by atoms with Gasteiger partial charge in [-0.15, -0.1) is 11.3 Å². The molecule has 0 saturated heterocycles. The SMILES string of the molecule is CCOCCc1nc(CNC(C)CC)cs1. The quantitative estimate of drug-likeness (QED) is 0.712. The molecule has 1 unspecified atom stereocenters. The summed E-state index contributed by atoms with van der Waals surface area (Å²) in [7, 11) is 0. The third-order valence-electron chi connectivity index (χ3n) is 2.51. The van der Waals surface area contributed by atoms with Crippen molar-refractivity contribution in [2.75, 3.05) is 13.2 Å². The molecule has 0 radical (unpaired) electrons. The van der Waals surface area contributed by atoms with E-state index in [1.807, 2.05) is 6.92 Å². The van der Waals surface area contributed by atoms with Crippen LogP contribution in [-0.4, -0.2) is 24.2 Å². The molecule has 3 nitrogen and oxygen atoms in total. The molecule has 0 aliphatic rings. The van der Waals surface area contributed by atoms with Gasteiger partial charge in [-0.3, -0.25) is 0 Å². The van der Waals surface area contributed by atoms with Gasteiger partial charge in [0.2, 0.25) is 0 Å². The lowest BCUT2D eigenvalue weighted by Crippen LogP contribution is -2.24. The Kier molecular flexibility index (Phi) is 6.61. The molecule has 0 aliphatic carbocycles. The number of rotatable bonds is 8. The van der Waals surface area contributed by atoms with Gasteiger partial charge in [0.1, 0.15) is 0 Å². The Labute approximate surface area is 102 Å². The first-order valence-corrected chi connectivity index (χ1v) is 6.88.